The largest absolute Gasteiger partial charge is 0.261 e. The molecule has 2 aromatic rings. The normalized spacial score (nSPS) is 11.1. The van der Waals surface area contributed by atoms with Crippen molar-refractivity contribution < 1.29 is 0 Å². The molecule has 2 rings (SSSR count). The molecule has 0 atom stereocenters. The number of nitrogens with zero attached hydrogens (tertiary/aromatic N) is 3. The third-order valence-electron chi connectivity index (χ3n) is 1.98. The first kappa shape index (κ1) is 10.7. The van der Waals surface area contributed by atoms with Gasteiger partial charge >= 0.3 is 0 Å². The van der Waals surface area contributed by atoms with E-state index in [0.717, 1.165) is 16.2 Å². The molecule has 6 heteroatoms. The molecule has 0 aliphatic rings. The molecule has 0 bridgehead atoms. The van der Waals surface area contributed by atoms with E-state index in [1.165, 1.54) is 12.8 Å². The fourth-order valence-corrected chi connectivity index (χ4v) is 2.51. The van der Waals surface area contributed by atoms with Crippen LogP contribution < -0.4 is 0 Å². The first-order valence-electron chi connectivity index (χ1n) is 4.80. The summed E-state index contributed by atoms with van der Waals surface area (Å²) >= 11 is 7.51. The first-order chi connectivity index (χ1) is 7.31. The monoisotopic (exact) mass is 242 g/mol. The lowest BCUT2D eigenvalue weighted by atomic mass is 10.4. The molecule has 80 valence electrons. The SMILES string of the molecule is CCCCSc1nc(Cl)nc2[nH]ncc12. The zero-order chi connectivity index (χ0) is 10.7. The molecule has 2 aromatic heterocycles. The molecule has 15 heavy (non-hydrogen) atoms. The van der Waals surface area contributed by atoms with E-state index >= 15 is 0 Å². The van der Waals surface area contributed by atoms with Crippen molar-refractivity contribution in [1.82, 2.24) is 20.2 Å². The average molecular weight is 243 g/mol. The van der Waals surface area contributed by atoms with Gasteiger partial charge in [-0.3, -0.25) is 5.10 Å². The van der Waals surface area contributed by atoms with Crippen LogP contribution >= 0.6 is 23.4 Å². The average Bonchev–Trinajstić information content (AvgIpc) is 2.65. The Balaban J connectivity index is 2.27. The van der Waals surface area contributed by atoms with Crippen LogP contribution in [0.5, 0.6) is 0 Å². The topological polar surface area (TPSA) is 54.5 Å². The summed E-state index contributed by atoms with van der Waals surface area (Å²) in [6.07, 6.45) is 4.09. The molecule has 0 aromatic carbocycles. The van der Waals surface area contributed by atoms with E-state index in [-0.39, 0.29) is 5.28 Å². The Morgan fingerprint density at radius 3 is 3.13 bits per heavy atom. The Labute approximate surface area is 96.8 Å². The third kappa shape index (κ3) is 2.41. The van der Waals surface area contributed by atoms with E-state index < -0.39 is 0 Å². The van der Waals surface area contributed by atoms with Gasteiger partial charge in [-0.25, -0.2) is 4.98 Å². The number of hydrogen-bond acceptors (Lipinski definition) is 4. The summed E-state index contributed by atoms with van der Waals surface area (Å²) < 4.78 is 0. The second kappa shape index (κ2) is 4.81. The summed E-state index contributed by atoms with van der Waals surface area (Å²) in [4.78, 5) is 8.25. The fraction of sp³-hybridized carbons (Fsp3) is 0.444. The van der Waals surface area contributed by atoms with Crippen LogP contribution in [-0.4, -0.2) is 25.9 Å². The van der Waals surface area contributed by atoms with Gasteiger partial charge in [0.2, 0.25) is 5.28 Å². The van der Waals surface area contributed by atoms with Gasteiger partial charge in [-0.15, -0.1) is 11.8 Å². The van der Waals surface area contributed by atoms with Gasteiger partial charge in [0.05, 0.1) is 11.6 Å². The molecule has 0 radical (unpaired) electrons. The van der Waals surface area contributed by atoms with Gasteiger partial charge in [0.1, 0.15) is 5.03 Å². The summed E-state index contributed by atoms with van der Waals surface area (Å²) in [5, 5.41) is 8.85. The molecule has 0 aliphatic heterocycles. The van der Waals surface area contributed by atoms with Gasteiger partial charge in [-0.05, 0) is 23.8 Å². The first-order valence-corrected chi connectivity index (χ1v) is 6.17. The van der Waals surface area contributed by atoms with Gasteiger partial charge in [-0.2, -0.15) is 10.1 Å². The number of aromatic nitrogens is 4. The number of hydrogen-bond donors (Lipinski definition) is 1. The van der Waals surface area contributed by atoms with Crippen molar-refractivity contribution in [3.63, 3.8) is 0 Å². The zero-order valence-corrected chi connectivity index (χ0v) is 9.90. The van der Waals surface area contributed by atoms with Crippen molar-refractivity contribution in [2.24, 2.45) is 0 Å². The maximum atomic E-state index is 5.81. The number of fused-ring (bicyclic) bond motifs is 1. The van der Waals surface area contributed by atoms with Crippen LogP contribution in [0.4, 0.5) is 0 Å². The highest BCUT2D eigenvalue weighted by molar-refractivity contribution is 7.99. The molecular formula is C9H11ClN4S. The Kier molecular flexibility index (Phi) is 3.43. The summed E-state index contributed by atoms with van der Waals surface area (Å²) in [6, 6.07) is 0. The van der Waals surface area contributed by atoms with Gasteiger partial charge in [0, 0.05) is 0 Å². The Hall–Kier alpha value is -0.810. The number of halogens is 1. The molecule has 0 spiro atoms. The third-order valence-corrected chi connectivity index (χ3v) is 3.23. The molecule has 0 aliphatic carbocycles. The molecule has 0 unspecified atom stereocenters. The van der Waals surface area contributed by atoms with Crippen molar-refractivity contribution in [2.75, 3.05) is 5.75 Å². The summed E-state index contributed by atoms with van der Waals surface area (Å²) in [7, 11) is 0. The fourth-order valence-electron chi connectivity index (χ4n) is 1.21. The van der Waals surface area contributed by atoms with E-state index in [4.69, 9.17) is 11.6 Å². The quantitative estimate of drug-likeness (QED) is 0.388. The molecule has 2 heterocycles. The van der Waals surface area contributed by atoms with Crippen LogP contribution in [0.25, 0.3) is 11.0 Å². The van der Waals surface area contributed by atoms with Crippen LogP contribution in [0.1, 0.15) is 19.8 Å². The van der Waals surface area contributed by atoms with Gasteiger partial charge in [-0.1, -0.05) is 13.3 Å². The minimum Gasteiger partial charge on any atom is -0.261 e. The van der Waals surface area contributed by atoms with E-state index in [0.29, 0.717) is 5.65 Å². The molecule has 0 fully saturated rings. The number of H-pyrrole nitrogens is 1. The summed E-state index contributed by atoms with van der Waals surface area (Å²) in [6.45, 7) is 2.17. The lowest BCUT2D eigenvalue weighted by Crippen LogP contribution is -1.89. The van der Waals surface area contributed by atoms with Crippen molar-refractivity contribution in [3.05, 3.63) is 11.5 Å². The number of nitrogens with one attached hydrogen (secondary N) is 1. The summed E-state index contributed by atoms with van der Waals surface area (Å²) in [5.41, 5.74) is 0.703. The lowest BCUT2D eigenvalue weighted by molar-refractivity contribution is 0.895. The number of thioether (sulfide) groups is 1. The van der Waals surface area contributed by atoms with Crippen LogP contribution in [0, 0.1) is 0 Å². The maximum Gasteiger partial charge on any atom is 0.225 e. The zero-order valence-electron chi connectivity index (χ0n) is 8.33. The second-order valence-corrected chi connectivity index (χ2v) is 4.55. The second-order valence-electron chi connectivity index (χ2n) is 3.13. The predicted molar refractivity (Wildman–Crippen MR) is 62.3 cm³/mol. The highest BCUT2D eigenvalue weighted by atomic mass is 35.5. The minimum atomic E-state index is 0.269. The molecular weight excluding hydrogens is 232 g/mol. The van der Waals surface area contributed by atoms with Gasteiger partial charge in [0.25, 0.3) is 0 Å². The van der Waals surface area contributed by atoms with E-state index in [1.807, 2.05) is 0 Å². The highest BCUT2D eigenvalue weighted by Gasteiger charge is 2.08. The Bertz CT molecular complexity index is 456. The van der Waals surface area contributed by atoms with Crippen molar-refractivity contribution in [1.29, 1.82) is 0 Å². The molecule has 1 N–H and O–H groups in total. The van der Waals surface area contributed by atoms with Crippen molar-refractivity contribution in [3.8, 4) is 0 Å². The Morgan fingerprint density at radius 2 is 2.33 bits per heavy atom. The van der Waals surface area contributed by atoms with E-state index in [9.17, 15) is 0 Å². The number of rotatable bonds is 4. The van der Waals surface area contributed by atoms with Crippen LogP contribution in [-0.2, 0) is 0 Å². The lowest BCUT2D eigenvalue weighted by Gasteiger charge is -2.01. The minimum absolute atomic E-state index is 0.269. The molecule has 4 nitrogen and oxygen atoms in total. The standard InChI is InChI=1S/C9H11ClN4S/c1-2-3-4-15-8-6-5-11-14-7(6)12-9(10)13-8/h5H,2-4H2,1H3,(H,11,12,13,14). The van der Waals surface area contributed by atoms with E-state index in [2.05, 4.69) is 27.1 Å². The number of aromatic amines is 1. The predicted octanol–water partition coefficient (Wildman–Crippen LogP) is 2.90. The Morgan fingerprint density at radius 1 is 1.47 bits per heavy atom. The molecule has 0 saturated heterocycles. The number of unbranched alkanes of at least 4 members (excludes halogenated alkanes) is 1. The smallest absolute Gasteiger partial charge is 0.225 e. The van der Waals surface area contributed by atoms with Crippen LogP contribution in [0.2, 0.25) is 5.28 Å². The highest BCUT2D eigenvalue weighted by Crippen LogP contribution is 2.25. The van der Waals surface area contributed by atoms with Gasteiger partial charge in [0.15, 0.2) is 5.65 Å². The van der Waals surface area contributed by atoms with Crippen molar-refractivity contribution in [2.45, 2.75) is 24.8 Å². The van der Waals surface area contributed by atoms with Crippen molar-refractivity contribution >= 4 is 34.4 Å². The van der Waals surface area contributed by atoms with Gasteiger partial charge < -0.3 is 0 Å². The van der Waals surface area contributed by atoms with Crippen LogP contribution in [0.3, 0.4) is 0 Å². The van der Waals surface area contributed by atoms with E-state index in [1.54, 1.807) is 18.0 Å². The maximum absolute atomic E-state index is 5.81. The summed E-state index contributed by atoms with van der Waals surface area (Å²) in [5.74, 6) is 1.05. The molecule has 0 amide bonds. The van der Waals surface area contributed by atoms with Crippen LogP contribution in [0.15, 0.2) is 11.2 Å². The molecule has 0 saturated carbocycles.